The first-order valence-corrected chi connectivity index (χ1v) is 7.33. The Bertz CT molecular complexity index is 659. The molecule has 2 aromatic rings. The van der Waals surface area contributed by atoms with Crippen molar-refractivity contribution in [2.75, 3.05) is 13.6 Å². The first kappa shape index (κ1) is 15.5. The van der Waals surface area contributed by atoms with Crippen molar-refractivity contribution in [3.8, 4) is 0 Å². The summed E-state index contributed by atoms with van der Waals surface area (Å²) in [5.74, 6) is 0.635. The van der Waals surface area contributed by atoms with E-state index in [9.17, 15) is 4.79 Å². The Morgan fingerprint density at radius 3 is 2.57 bits per heavy atom. The molecule has 2 aromatic heterocycles. The standard InChI is InChI=1S/C16H23N3O2/c1-9(2)8-19(6)16(20)12-7-13(10(3)4)17-15-14(12)11(5)18-21-15/h7,9-10H,8H2,1-6H3. The first-order chi connectivity index (χ1) is 9.81. The van der Waals surface area contributed by atoms with Gasteiger partial charge < -0.3 is 9.42 Å². The molecule has 0 aliphatic carbocycles. The Morgan fingerprint density at radius 2 is 2.00 bits per heavy atom. The number of carbonyl (C=O) groups excluding carboxylic acids is 1. The molecule has 0 N–H and O–H groups in total. The minimum absolute atomic E-state index is 0.00991. The monoisotopic (exact) mass is 289 g/mol. The number of rotatable bonds is 4. The lowest BCUT2D eigenvalue weighted by molar-refractivity contribution is 0.0781. The molecule has 2 rings (SSSR count). The Kier molecular flexibility index (Phi) is 4.30. The maximum atomic E-state index is 12.7. The van der Waals surface area contributed by atoms with Crippen molar-refractivity contribution in [3.63, 3.8) is 0 Å². The molecule has 0 spiro atoms. The molecule has 114 valence electrons. The Labute approximate surface area is 125 Å². The molecule has 2 heterocycles. The molecule has 5 nitrogen and oxygen atoms in total. The fourth-order valence-corrected chi connectivity index (χ4v) is 2.41. The minimum atomic E-state index is -0.00991. The largest absolute Gasteiger partial charge is 0.341 e. The number of hydrogen-bond donors (Lipinski definition) is 0. The van der Waals surface area contributed by atoms with E-state index in [1.807, 2.05) is 33.9 Å². The molecule has 0 atom stereocenters. The third-order valence-electron chi connectivity index (χ3n) is 3.44. The third kappa shape index (κ3) is 3.06. The summed E-state index contributed by atoms with van der Waals surface area (Å²) in [6.45, 7) is 10.8. The number of amides is 1. The average Bonchev–Trinajstić information content (AvgIpc) is 2.78. The maximum absolute atomic E-state index is 12.7. The van der Waals surface area contributed by atoms with E-state index >= 15 is 0 Å². The van der Waals surface area contributed by atoms with Gasteiger partial charge in [-0.1, -0.05) is 32.9 Å². The van der Waals surface area contributed by atoms with Crippen LogP contribution in [-0.4, -0.2) is 34.5 Å². The van der Waals surface area contributed by atoms with Gasteiger partial charge in [0.25, 0.3) is 11.6 Å². The van der Waals surface area contributed by atoms with E-state index in [4.69, 9.17) is 4.52 Å². The molecule has 0 bridgehead atoms. The molecular weight excluding hydrogens is 266 g/mol. The van der Waals surface area contributed by atoms with Crippen LogP contribution in [0.15, 0.2) is 10.6 Å². The number of nitrogens with zero attached hydrogens (tertiary/aromatic N) is 3. The summed E-state index contributed by atoms with van der Waals surface area (Å²) in [6.07, 6.45) is 0. The number of fused-ring (bicyclic) bond motifs is 1. The maximum Gasteiger partial charge on any atom is 0.259 e. The van der Waals surface area contributed by atoms with Gasteiger partial charge in [-0.2, -0.15) is 0 Å². The van der Waals surface area contributed by atoms with Gasteiger partial charge in [-0.15, -0.1) is 0 Å². The lowest BCUT2D eigenvalue weighted by atomic mass is 10.0. The topological polar surface area (TPSA) is 59.2 Å². The van der Waals surface area contributed by atoms with E-state index in [0.717, 1.165) is 11.1 Å². The second-order valence-corrected chi connectivity index (χ2v) is 6.28. The van der Waals surface area contributed by atoms with Crippen molar-refractivity contribution < 1.29 is 9.32 Å². The highest BCUT2D eigenvalue weighted by Crippen LogP contribution is 2.26. The number of carbonyl (C=O) groups is 1. The summed E-state index contributed by atoms with van der Waals surface area (Å²) >= 11 is 0. The highest BCUT2D eigenvalue weighted by Gasteiger charge is 2.22. The van der Waals surface area contributed by atoms with Gasteiger partial charge in [-0.05, 0) is 24.8 Å². The van der Waals surface area contributed by atoms with E-state index in [2.05, 4.69) is 24.0 Å². The first-order valence-electron chi connectivity index (χ1n) is 7.33. The van der Waals surface area contributed by atoms with E-state index in [-0.39, 0.29) is 11.8 Å². The third-order valence-corrected chi connectivity index (χ3v) is 3.44. The summed E-state index contributed by atoms with van der Waals surface area (Å²) in [5.41, 5.74) is 2.62. The van der Waals surface area contributed by atoms with Gasteiger partial charge >= 0.3 is 0 Å². The van der Waals surface area contributed by atoms with Crippen molar-refractivity contribution in [3.05, 3.63) is 23.0 Å². The van der Waals surface area contributed by atoms with Crippen LogP contribution >= 0.6 is 0 Å². The van der Waals surface area contributed by atoms with Gasteiger partial charge in [0, 0.05) is 19.3 Å². The second-order valence-electron chi connectivity index (χ2n) is 6.28. The summed E-state index contributed by atoms with van der Waals surface area (Å²) in [5, 5.41) is 4.67. The van der Waals surface area contributed by atoms with Crippen LogP contribution in [0.1, 0.15) is 55.4 Å². The molecule has 0 saturated heterocycles. The summed E-state index contributed by atoms with van der Waals surface area (Å²) in [4.78, 5) is 19.0. The molecule has 0 aliphatic heterocycles. The number of pyridine rings is 1. The number of aryl methyl sites for hydroxylation is 1. The van der Waals surface area contributed by atoms with Crippen LogP contribution in [0.5, 0.6) is 0 Å². The zero-order valence-corrected chi connectivity index (χ0v) is 13.6. The van der Waals surface area contributed by atoms with Crippen molar-refractivity contribution in [2.45, 2.75) is 40.5 Å². The van der Waals surface area contributed by atoms with Crippen LogP contribution < -0.4 is 0 Å². The van der Waals surface area contributed by atoms with E-state index < -0.39 is 0 Å². The summed E-state index contributed by atoms with van der Waals surface area (Å²) in [6, 6.07) is 1.87. The van der Waals surface area contributed by atoms with E-state index in [1.165, 1.54) is 0 Å². The zero-order chi connectivity index (χ0) is 15.7. The van der Waals surface area contributed by atoms with Crippen LogP contribution in [-0.2, 0) is 0 Å². The fraction of sp³-hybridized carbons (Fsp3) is 0.562. The van der Waals surface area contributed by atoms with Crippen LogP contribution in [0.2, 0.25) is 0 Å². The summed E-state index contributed by atoms with van der Waals surface area (Å²) < 4.78 is 5.26. The predicted octanol–water partition coefficient (Wildman–Crippen LogP) is 3.38. The molecule has 0 saturated carbocycles. The smallest absolute Gasteiger partial charge is 0.259 e. The number of aromatic nitrogens is 2. The van der Waals surface area contributed by atoms with Crippen LogP contribution in [0, 0.1) is 12.8 Å². The van der Waals surface area contributed by atoms with Gasteiger partial charge in [0.05, 0.1) is 16.6 Å². The van der Waals surface area contributed by atoms with Crippen molar-refractivity contribution in [1.29, 1.82) is 0 Å². The van der Waals surface area contributed by atoms with E-state index in [0.29, 0.717) is 29.4 Å². The Balaban J connectivity index is 2.55. The van der Waals surface area contributed by atoms with Crippen molar-refractivity contribution >= 4 is 17.0 Å². The highest BCUT2D eigenvalue weighted by atomic mass is 16.5. The lowest BCUT2D eigenvalue weighted by Crippen LogP contribution is -2.30. The fourth-order valence-electron chi connectivity index (χ4n) is 2.41. The van der Waals surface area contributed by atoms with Gasteiger partial charge in [0.2, 0.25) is 0 Å². The molecule has 0 fully saturated rings. The highest BCUT2D eigenvalue weighted by molar-refractivity contribution is 6.05. The zero-order valence-electron chi connectivity index (χ0n) is 13.6. The van der Waals surface area contributed by atoms with Gasteiger partial charge in [0.15, 0.2) is 0 Å². The molecule has 0 aliphatic rings. The quantitative estimate of drug-likeness (QED) is 0.865. The average molecular weight is 289 g/mol. The van der Waals surface area contributed by atoms with Crippen molar-refractivity contribution in [2.24, 2.45) is 5.92 Å². The van der Waals surface area contributed by atoms with Crippen LogP contribution in [0.4, 0.5) is 0 Å². The molecule has 0 radical (unpaired) electrons. The molecular formula is C16H23N3O2. The van der Waals surface area contributed by atoms with Gasteiger partial charge in [-0.3, -0.25) is 4.79 Å². The van der Waals surface area contributed by atoms with Crippen LogP contribution in [0.3, 0.4) is 0 Å². The molecule has 0 aromatic carbocycles. The molecule has 5 heteroatoms. The molecule has 21 heavy (non-hydrogen) atoms. The number of hydrogen-bond acceptors (Lipinski definition) is 4. The molecule has 1 amide bonds. The Hall–Kier alpha value is -1.91. The summed E-state index contributed by atoms with van der Waals surface area (Å²) in [7, 11) is 1.83. The second kappa shape index (κ2) is 5.84. The molecule has 0 unspecified atom stereocenters. The Morgan fingerprint density at radius 1 is 1.33 bits per heavy atom. The van der Waals surface area contributed by atoms with Crippen LogP contribution in [0.25, 0.3) is 11.1 Å². The minimum Gasteiger partial charge on any atom is -0.341 e. The van der Waals surface area contributed by atoms with Crippen molar-refractivity contribution in [1.82, 2.24) is 15.0 Å². The van der Waals surface area contributed by atoms with Gasteiger partial charge in [-0.25, -0.2) is 4.98 Å². The lowest BCUT2D eigenvalue weighted by Gasteiger charge is -2.20. The predicted molar refractivity (Wildman–Crippen MR) is 82.4 cm³/mol. The normalized spacial score (nSPS) is 11.6. The van der Waals surface area contributed by atoms with E-state index in [1.54, 1.807) is 4.90 Å². The SMILES string of the molecule is Cc1noc2nc(C(C)C)cc(C(=O)N(C)CC(C)C)c12. The van der Waals surface area contributed by atoms with Gasteiger partial charge in [0.1, 0.15) is 0 Å².